The number of aliphatic hydroxyl groups is 2. The van der Waals surface area contributed by atoms with Gasteiger partial charge in [0.2, 0.25) is 0 Å². The summed E-state index contributed by atoms with van der Waals surface area (Å²) < 4.78 is 4.96. The van der Waals surface area contributed by atoms with E-state index in [9.17, 15) is 25.2 Å². The topological polar surface area (TPSA) is 110 Å². The van der Waals surface area contributed by atoms with Crippen LogP contribution in [0.3, 0.4) is 0 Å². The minimum atomic E-state index is -1.21. The van der Waals surface area contributed by atoms with Gasteiger partial charge in [-0.3, -0.25) is 4.90 Å². The van der Waals surface area contributed by atoms with Crippen LogP contribution in [0.15, 0.2) is 12.1 Å². The first kappa shape index (κ1) is 15.4. The lowest BCUT2D eigenvalue weighted by atomic mass is 9.89. The largest absolute Gasteiger partial charge is 0.504 e. The number of aromatic hydroxyl groups is 2. The first-order valence-corrected chi connectivity index (χ1v) is 6.76. The van der Waals surface area contributed by atoms with Crippen molar-refractivity contribution < 1.29 is 30.0 Å². The molecule has 116 valence electrons. The molecule has 7 heteroatoms. The van der Waals surface area contributed by atoms with E-state index >= 15 is 0 Å². The molecule has 2 atom stereocenters. The average molecular weight is 297 g/mol. The molecule has 1 aliphatic rings. The highest BCUT2D eigenvalue weighted by Gasteiger charge is 2.37. The Morgan fingerprint density at radius 2 is 2.10 bits per heavy atom. The van der Waals surface area contributed by atoms with Crippen molar-refractivity contribution in [1.82, 2.24) is 4.90 Å². The van der Waals surface area contributed by atoms with Gasteiger partial charge in [-0.25, -0.2) is 4.79 Å². The molecule has 0 spiro atoms. The van der Waals surface area contributed by atoms with Crippen molar-refractivity contribution in [2.24, 2.45) is 0 Å². The van der Waals surface area contributed by atoms with E-state index in [1.54, 1.807) is 6.92 Å². The van der Waals surface area contributed by atoms with Gasteiger partial charge in [-0.05, 0) is 36.6 Å². The van der Waals surface area contributed by atoms with E-state index in [0.717, 1.165) is 0 Å². The molecule has 0 radical (unpaired) electrons. The van der Waals surface area contributed by atoms with Gasteiger partial charge in [-0.2, -0.15) is 0 Å². The maximum absolute atomic E-state index is 12.0. The smallest absolute Gasteiger partial charge is 0.410 e. The molecule has 0 aromatic heterocycles. The molecule has 0 aliphatic carbocycles. The zero-order valence-electron chi connectivity index (χ0n) is 11.7. The molecule has 2 unspecified atom stereocenters. The van der Waals surface area contributed by atoms with Gasteiger partial charge in [-0.1, -0.05) is 0 Å². The number of benzene rings is 1. The van der Waals surface area contributed by atoms with E-state index in [-0.39, 0.29) is 24.7 Å². The Labute approximate surface area is 122 Å². The van der Waals surface area contributed by atoms with Gasteiger partial charge in [-0.15, -0.1) is 0 Å². The van der Waals surface area contributed by atoms with Gasteiger partial charge in [0.1, 0.15) is 6.10 Å². The second kappa shape index (κ2) is 6.19. The minimum absolute atomic E-state index is 0.199. The lowest BCUT2D eigenvalue weighted by Crippen LogP contribution is -2.46. The second-order valence-corrected chi connectivity index (χ2v) is 4.88. The number of carbonyl (C=O) groups excluding carboxylic acids is 1. The highest BCUT2D eigenvalue weighted by molar-refractivity contribution is 5.69. The van der Waals surface area contributed by atoms with E-state index in [2.05, 4.69) is 0 Å². The number of nitrogens with zero attached hydrogens (tertiary/aromatic N) is 1. The summed E-state index contributed by atoms with van der Waals surface area (Å²) in [5.74, 6) is -0.592. The molecule has 0 bridgehead atoms. The van der Waals surface area contributed by atoms with Crippen LogP contribution in [0.4, 0.5) is 4.79 Å². The standard InChI is InChI=1S/C14H19NO6/c1-2-21-14(20)15-4-3-8-5-10(17)11(18)6-9(8)13(15)12(19)7-16/h5-6,12-13,16-19H,2-4,7H2,1H3. The number of hydrogen-bond donors (Lipinski definition) is 4. The number of amides is 1. The summed E-state index contributed by atoms with van der Waals surface area (Å²) in [4.78, 5) is 13.3. The lowest BCUT2D eigenvalue weighted by molar-refractivity contribution is 0.00237. The summed E-state index contributed by atoms with van der Waals surface area (Å²) in [6.45, 7) is 1.63. The van der Waals surface area contributed by atoms with Crippen molar-refractivity contribution in [3.05, 3.63) is 23.3 Å². The molecule has 0 fully saturated rings. The van der Waals surface area contributed by atoms with E-state index < -0.39 is 24.8 Å². The number of aliphatic hydroxyl groups excluding tert-OH is 2. The fourth-order valence-electron chi connectivity index (χ4n) is 2.60. The van der Waals surface area contributed by atoms with Crippen LogP contribution in [-0.2, 0) is 11.2 Å². The first-order valence-electron chi connectivity index (χ1n) is 6.76. The lowest BCUT2D eigenvalue weighted by Gasteiger charge is -2.38. The summed E-state index contributed by atoms with van der Waals surface area (Å²) in [7, 11) is 0. The minimum Gasteiger partial charge on any atom is -0.504 e. The number of phenolic OH excluding ortho intramolecular Hbond substituents is 2. The number of carbonyl (C=O) groups is 1. The van der Waals surface area contributed by atoms with Crippen molar-refractivity contribution in [2.75, 3.05) is 19.8 Å². The predicted molar refractivity (Wildman–Crippen MR) is 73.0 cm³/mol. The van der Waals surface area contributed by atoms with Crippen molar-refractivity contribution in [3.63, 3.8) is 0 Å². The summed E-state index contributed by atoms with van der Waals surface area (Å²) >= 11 is 0. The number of fused-ring (bicyclic) bond motifs is 1. The van der Waals surface area contributed by atoms with Crippen LogP contribution in [0.25, 0.3) is 0 Å². The van der Waals surface area contributed by atoms with Crippen LogP contribution in [0.1, 0.15) is 24.1 Å². The third kappa shape index (κ3) is 2.88. The third-order valence-corrected chi connectivity index (χ3v) is 3.57. The molecule has 7 nitrogen and oxygen atoms in total. The van der Waals surface area contributed by atoms with Crippen molar-refractivity contribution in [3.8, 4) is 11.5 Å². The monoisotopic (exact) mass is 297 g/mol. The third-order valence-electron chi connectivity index (χ3n) is 3.57. The van der Waals surface area contributed by atoms with Gasteiger partial charge < -0.3 is 25.2 Å². The summed E-state index contributed by atoms with van der Waals surface area (Å²) in [6.07, 6.45) is -1.35. The van der Waals surface area contributed by atoms with Crippen molar-refractivity contribution in [2.45, 2.75) is 25.5 Å². The summed E-state index contributed by atoms with van der Waals surface area (Å²) in [6, 6.07) is 1.88. The maximum atomic E-state index is 12.0. The quantitative estimate of drug-likeness (QED) is 0.605. The highest BCUT2D eigenvalue weighted by Crippen LogP contribution is 2.38. The number of phenols is 2. The summed E-state index contributed by atoms with van der Waals surface area (Å²) in [5, 5.41) is 38.5. The Morgan fingerprint density at radius 3 is 2.71 bits per heavy atom. The number of rotatable bonds is 3. The Bertz CT molecular complexity index is 532. The van der Waals surface area contributed by atoms with E-state index in [1.165, 1.54) is 17.0 Å². The molecule has 1 aromatic rings. The van der Waals surface area contributed by atoms with Crippen LogP contribution in [0, 0.1) is 0 Å². The van der Waals surface area contributed by atoms with Crippen LogP contribution < -0.4 is 0 Å². The van der Waals surface area contributed by atoms with E-state index in [0.29, 0.717) is 17.5 Å². The molecule has 1 amide bonds. The predicted octanol–water partition coefficient (Wildman–Crippen LogP) is 0.507. The van der Waals surface area contributed by atoms with Gasteiger partial charge in [0.05, 0.1) is 19.3 Å². The maximum Gasteiger partial charge on any atom is 0.410 e. The van der Waals surface area contributed by atoms with Crippen LogP contribution in [0.5, 0.6) is 11.5 Å². The normalized spacial score (nSPS) is 19.0. The molecule has 0 saturated heterocycles. The van der Waals surface area contributed by atoms with Gasteiger partial charge >= 0.3 is 6.09 Å². The number of ether oxygens (including phenoxy) is 1. The van der Waals surface area contributed by atoms with Crippen LogP contribution in [-0.4, -0.2) is 57.3 Å². The van der Waals surface area contributed by atoms with E-state index in [1.807, 2.05) is 0 Å². The van der Waals surface area contributed by atoms with Crippen LogP contribution in [0.2, 0.25) is 0 Å². The highest BCUT2D eigenvalue weighted by atomic mass is 16.6. The Hall–Kier alpha value is -1.99. The Kier molecular flexibility index (Phi) is 4.54. The molecule has 1 heterocycles. The van der Waals surface area contributed by atoms with Gasteiger partial charge in [0, 0.05) is 6.54 Å². The molecular weight excluding hydrogens is 278 g/mol. The molecular formula is C14H19NO6. The Morgan fingerprint density at radius 1 is 1.43 bits per heavy atom. The average Bonchev–Trinajstić information content (AvgIpc) is 2.47. The SMILES string of the molecule is CCOC(=O)N1CCc2cc(O)c(O)cc2C1C(O)CO. The molecule has 1 aliphatic heterocycles. The zero-order chi connectivity index (χ0) is 15.6. The molecule has 21 heavy (non-hydrogen) atoms. The summed E-state index contributed by atoms with van der Waals surface area (Å²) in [5.41, 5.74) is 1.20. The van der Waals surface area contributed by atoms with Gasteiger partial charge in [0.25, 0.3) is 0 Å². The fraction of sp³-hybridized carbons (Fsp3) is 0.500. The number of hydrogen-bond acceptors (Lipinski definition) is 6. The van der Waals surface area contributed by atoms with Crippen LogP contribution >= 0.6 is 0 Å². The molecule has 0 saturated carbocycles. The van der Waals surface area contributed by atoms with Crippen molar-refractivity contribution in [1.29, 1.82) is 0 Å². The van der Waals surface area contributed by atoms with Crippen molar-refractivity contribution >= 4 is 6.09 Å². The fourth-order valence-corrected chi connectivity index (χ4v) is 2.60. The molecule has 1 aromatic carbocycles. The first-order chi connectivity index (χ1) is 9.99. The Balaban J connectivity index is 2.44. The molecule has 2 rings (SSSR count). The second-order valence-electron chi connectivity index (χ2n) is 4.88. The van der Waals surface area contributed by atoms with E-state index in [4.69, 9.17) is 4.74 Å². The van der Waals surface area contributed by atoms with Gasteiger partial charge in [0.15, 0.2) is 11.5 Å². The zero-order valence-corrected chi connectivity index (χ0v) is 11.7. The molecule has 4 N–H and O–H groups in total.